The molecule has 1 aliphatic rings. The number of anilines is 1. The lowest BCUT2D eigenvalue weighted by molar-refractivity contribution is -0.136. The van der Waals surface area contributed by atoms with Crippen LogP contribution in [0.1, 0.15) is 25.3 Å². The van der Waals surface area contributed by atoms with Crippen LogP contribution in [0.2, 0.25) is 0 Å². The molecule has 1 fully saturated rings. The number of carbonyl (C=O) groups is 2. The summed E-state index contributed by atoms with van der Waals surface area (Å²) in [4.78, 5) is 23.5. The van der Waals surface area contributed by atoms with E-state index in [-0.39, 0.29) is 6.10 Å². The van der Waals surface area contributed by atoms with Crippen LogP contribution in [0.4, 0.5) is 5.69 Å². The minimum Gasteiger partial charge on any atom is -0.376 e. The Bertz CT molecular complexity index is 482. The van der Waals surface area contributed by atoms with E-state index in [4.69, 9.17) is 4.74 Å². The average molecular weight is 276 g/mol. The van der Waals surface area contributed by atoms with E-state index in [1.807, 2.05) is 25.1 Å². The van der Waals surface area contributed by atoms with Crippen LogP contribution in [-0.2, 0) is 20.7 Å². The highest BCUT2D eigenvalue weighted by Crippen LogP contribution is 2.15. The van der Waals surface area contributed by atoms with Gasteiger partial charge in [-0.25, -0.2) is 0 Å². The summed E-state index contributed by atoms with van der Waals surface area (Å²) in [6.45, 7) is 3.13. The standard InChI is InChI=1S/C15H20N2O3/c1-2-11-6-3-4-8-13(11)17-15(19)14(18)16-10-12-7-5-9-20-12/h3-4,6,8,12H,2,5,7,9-10H2,1H3,(H,16,18)(H,17,19)/t12-/m0/s1. The zero-order valence-corrected chi connectivity index (χ0v) is 11.6. The molecule has 0 aromatic heterocycles. The molecule has 1 aromatic carbocycles. The van der Waals surface area contributed by atoms with Crippen LogP contribution in [-0.4, -0.2) is 31.1 Å². The van der Waals surface area contributed by atoms with E-state index in [0.29, 0.717) is 12.2 Å². The van der Waals surface area contributed by atoms with Crippen molar-refractivity contribution in [1.29, 1.82) is 0 Å². The van der Waals surface area contributed by atoms with Crippen molar-refractivity contribution < 1.29 is 14.3 Å². The first kappa shape index (κ1) is 14.5. The third-order valence-corrected chi connectivity index (χ3v) is 3.37. The zero-order chi connectivity index (χ0) is 14.4. The van der Waals surface area contributed by atoms with Crippen molar-refractivity contribution >= 4 is 17.5 Å². The van der Waals surface area contributed by atoms with Crippen molar-refractivity contribution in [3.8, 4) is 0 Å². The van der Waals surface area contributed by atoms with Gasteiger partial charge in [0, 0.05) is 18.8 Å². The quantitative estimate of drug-likeness (QED) is 0.819. The van der Waals surface area contributed by atoms with Crippen LogP contribution in [0.3, 0.4) is 0 Å². The number of aryl methyl sites for hydroxylation is 1. The molecule has 0 aliphatic carbocycles. The highest BCUT2D eigenvalue weighted by atomic mass is 16.5. The van der Waals surface area contributed by atoms with Gasteiger partial charge < -0.3 is 15.4 Å². The van der Waals surface area contributed by atoms with E-state index in [1.165, 1.54) is 0 Å². The Balaban J connectivity index is 1.85. The van der Waals surface area contributed by atoms with E-state index < -0.39 is 11.8 Å². The van der Waals surface area contributed by atoms with Gasteiger partial charge in [0.2, 0.25) is 0 Å². The van der Waals surface area contributed by atoms with Gasteiger partial charge >= 0.3 is 11.8 Å². The van der Waals surface area contributed by atoms with E-state index in [0.717, 1.165) is 31.4 Å². The predicted molar refractivity (Wildman–Crippen MR) is 76.4 cm³/mol. The molecule has 1 aromatic rings. The minimum atomic E-state index is -0.635. The Hall–Kier alpha value is -1.88. The zero-order valence-electron chi connectivity index (χ0n) is 11.6. The summed E-state index contributed by atoms with van der Waals surface area (Å²) in [5.74, 6) is -1.25. The van der Waals surface area contributed by atoms with Crippen molar-refractivity contribution in [3.05, 3.63) is 29.8 Å². The monoisotopic (exact) mass is 276 g/mol. The summed E-state index contributed by atoms with van der Waals surface area (Å²) in [5.41, 5.74) is 1.69. The number of hydrogen-bond donors (Lipinski definition) is 2. The van der Waals surface area contributed by atoms with Crippen LogP contribution in [0, 0.1) is 0 Å². The molecular weight excluding hydrogens is 256 g/mol. The summed E-state index contributed by atoms with van der Waals surface area (Å²) >= 11 is 0. The Kier molecular flexibility index (Phi) is 5.12. The molecule has 0 unspecified atom stereocenters. The maximum absolute atomic E-state index is 11.8. The van der Waals surface area contributed by atoms with Crippen molar-refractivity contribution in [1.82, 2.24) is 5.32 Å². The van der Waals surface area contributed by atoms with Gasteiger partial charge in [-0.2, -0.15) is 0 Å². The lowest BCUT2D eigenvalue weighted by atomic mass is 10.1. The summed E-state index contributed by atoms with van der Waals surface area (Å²) in [6, 6.07) is 7.47. The first-order chi connectivity index (χ1) is 9.70. The van der Waals surface area contributed by atoms with Crippen molar-refractivity contribution in [3.63, 3.8) is 0 Å². The normalized spacial score (nSPS) is 17.8. The lowest BCUT2D eigenvalue weighted by Gasteiger charge is -2.12. The van der Waals surface area contributed by atoms with Crippen LogP contribution < -0.4 is 10.6 Å². The number of benzene rings is 1. The number of amides is 2. The van der Waals surface area contributed by atoms with Gasteiger partial charge in [-0.15, -0.1) is 0 Å². The summed E-state index contributed by atoms with van der Waals surface area (Å²) in [6.07, 6.45) is 2.78. The number of ether oxygens (including phenoxy) is 1. The highest BCUT2D eigenvalue weighted by Gasteiger charge is 2.19. The van der Waals surface area contributed by atoms with Crippen LogP contribution in [0.15, 0.2) is 24.3 Å². The molecule has 20 heavy (non-hydrogen) atoms. The molecule has 1 atom stereocenters. The average Bonchev–Trinajstić information content (AvgIpc) is 2.98. The molecule has 2 N–H and O–H groups in total. The minimum absolute atomic E-state index is 0.0367. The molecule has 2 rings (SSSR count). The van der Waals surface area contributed by atoms with Gasteiger partial charge in [0.25, 0.3) is 0 Å². The van der Waals surface area contributed by atoms with Crippen LogP contribution in [0.25, 0.3) is 0 Å². The Morgan fingerprint density at radius 1 is 1.30 bits per heavy atom. The van der Waals surface area contributed by atoms with Gasteiger partial charge in [0.1, 0.15) is 0 Å². The van der Waals surface area contributed by atoms with E-state index in [9.17, 15) is 9.59 Å². The molecular formula is C15H20N2O3. The molecule has 108 valence electrons. The Morgan fingerprint density at radius 3 is 2.80 bits per heavy atom. The van der Waals surface area contributed by atoms with Crippen LogP contribution >= 0.6 is 0 Å². The molecule has 0 bridgehead atoms. The molecule has 1 aliphatic heterocycles. The smallest absolute Gasteiger partial charge is 0.313 e. The van der Waals surface area contributed by atoms with E-state index in [2.05, 4.69) is 10.6 Å². The molecule has 5 nitrogen and oxygen atoms in total. The van der Waals surface area contributed by atoms with Crippen molar-refractivity contribution in [2.24, 2.45) is 0 Å². The Labute approximate surface area is 118 Å². The molecule has 0 spiro atoms. The highest BCUT2D eigenvalue weighted by molar-refractivity contribution is 6.39. The summed E-state index contributed by atoms with van der Waals surface area (Å²) in [7, 11) is 0. The maximum atomic E-state index is 11.8. The van der Waals surface area contributed by atoms with E-state index in [1.54, 1.807) is 6.07 Å². The summed E-state index contributed by atoms with van der Waals surface area (Å²) in [5, 5.41) is 5.25. The van der Waals surface area contributed by atoms with Crippen molar-refractivity contribution in [2.45, 2.75) is 32.3 Å². The number of nitrogens with one attached hydrogen (secondary N) is 2. The van der Waals surface area contributed by atoms with Gasteiger partial charge in [-0.1, -0.05) is 25.1 Å². The fourth-order valence-electron chi connectivity index (χ4n) is 2.22. The van der Waals surface area contributed by atoms with Gasteiger partial charge in [0.05, 0.1) is 6.10 Å². The SMILES string of the molecule is CCc1ccccc1NC(=O)C(=O)NC[C@@H]1CCCO1. The number of para-hydroxylation sites is 1. The second kappa shape index (κ2) is 7.05. The molecule has 2 amide bonds. The number of rotatable bonds is 4. The largest absolute Gasteiger partial charge is 0.376 e. The van der Waals surface area contributed by atoms with Crippen LogP contribution in [0.5, 0.6) is 0 Å². The topological polar surface area (TPSA) is 67.4 Å². The summed E-state index contributed by atoms with van der Waals surface area (Å²) < 4.78 is 5.39. The first-order valence-corrected chi connectivity index (χ1v) is 6.99. The number of carbonyl (C=O) groups excluding carboxylic acids is 2. The molecule has 1 saturated heterocycles. The fraction of sp³-hybridized carbons (Fsp3) is 0.467. The Morgan fingerprint density at radius 2 is 2.10 bits per heavy atom. The van der Waals surface area contributed by atoms with E-state index >= 15 is 0 Å². The predicted octanol–water partition coefficient (Wildman–Crippen LogP) is 1.48. The molecule has 5 heteroatoms. The fourth-order valence-corrected chi connectivity index (χ4v) is 2.22. The second-order valence-corrected chi connectivity index (χ2v) is 4.81. The third kappa shape index (κ3) is 3.81. The molecule has 0 radical (unpaired) electrons. The molecule has 0 saturated carbocycles. The second-order valence-electron chi connectivity index (χ2n) is 4.81. The number of hydrogen-bond acceptors (Lipinski definition) is 3. The first-order valence-electron chi connectivity index (χ1n) is 6.99. The van der Waals surface area contributed by atoms with Gasteiger partial charge in [-0.3, -0.25) is 9.59 Å². The van der Waals surface area contributed by atoms with Crippen molar-refractivity contribution in [2.75, 3.05) is 18.5 Å². The van der Waals surface area contributed by atoms with Gasteiger partial charge in [0.15, 0.2) is 0 Å². The lowest BCUT2D eigenvalue weighted by Crippen LogP contribution is -2.39. The van der Waals surface area contributed by atoms with Gasteiger partial charge in [-0.05, 0) is 30.9 Å². The third-order valence-electron chi connectivity index (χ3n) is 3.37. The maximum Gasteiger partial charge on any atom is 0.313 e. The molecule has 1 heterocycles.